The first-order chi connectivity index (χ1) is 57.9. The average molecular weight is 2220 g/mol. The molecule has 0 amide bonds. The fourth-order valence-corrected chi connectivity index (χ4v) is 18.1. The molecule has 7 rings (SSSR count). The zero-order chi connectivity index (χ0) is 91.6. The predicted molar refractivity (Wildman–Crippen MR) is 422 cm³/mol. The Labute approximate surface area is 761 Å². The van der Waals surface area contributed by atoms with Crippen LogP contribution >= 0.6 is 112 Å². The molecule has 0 aliphatic carbocycles. The van der Waals surface area contributed by atoms with E-state index in [0.717, 1.165) is 104 Å². The largest absolute Gasteiger partial charge is 0.456 e. The fourth-order valence-electron chi connectivity index (χ4n) is 14.4. The third kappa shape index (κ3) is 28.4. The summed E-state index contributed by atoms with van der Waals surface area (Å²) in [4.78, 5) is 198. The summed E-state index contributed by atoms with van der Waals surface area (Å²) in [5.41, 5.74) is 0. The highest BCUT2D eigenvalue weighted by atomic mass is 79.9. The molecule has 7 aliphatic rings. The van der Waals surface area contributed by atoms with Gasteiger partial charge in [-0.15, -0.1) is 0 Å². The fraction of sp³-hybridized carbons (Fsp3) is 0.792. The van der Waals surface area contributed by atoms with Gasteiger partial charge in [0.15, 0.2) is 136 Å². The number of aliphatic hydroxyl groups excluding tert-OH is 1. The maximum atomic E-state index is 13.7. The zero-order valence-corrected chi connectivity index (χ0v) is 79.4. The number of carbonyl (C=O) groups excluding carboxylic acids is 15. The van der Waals surface area contributed by atoms with Crippen molar-refractivity contribution in [1.82, 2.24) is 0 Å². The first kappa shape index (κ1) is 105. The summed E-state index contributed by atoms with van der Waals surface area (Å²) < 4.78 is 172. The van der Waals surface area contributed by atoms with E-state index < -0.39 is 304 Å². The first-order valence-corrected chi connectivity index (χ1v) is 45.5. The Hall–Kier alpha value is -5.15. The van der Waals surface area contributed by atoms with Crippen LogP contribution < -0.4 is 0 Å². The molecule has 0 aromatic heterocycles. The van der Waals surface area contributed by atoms with Gasteiger partial charge in [-0.1, -0.05) is 112 Å². The van der Waals surface area contributed by atoms with Crippen LogP contribution in [0.2, 0.25) is 0 Å². The highest BCUT2D eigenvalue weighted by molar-refractivity contribution is 9.10. The van der Waals surface area contributed by atoms with E-state index in [9.17, 15) is 77.0 Å². The van der Waals surface area contributed by atoms with Gasteiger partial charge in [0.25, 0.3) is 0 Å². The Bertz CT molecular complexity index is 3700. The monoisotopic (exact) mass is 2220 g/mol. The van der Waals surface area contributed by atoms with Crippen LogP contribution in [0.4, 0.5) is 0 Å². The number of esters is 15. The van der Waals surface area contributed by atoms with Gasteiger partial charge in [0.2, 0.25) is 0 Å². The van der Waals surface area contributed by atoms with Gasteiger partial charge in [0.05, 0.1) is 0 Å². The van der Waals surface area contributed by atoms with Gasteiger partial charge >= 0.3 is 89.5 Å². The number of halogens is 7. The third-order valence-electron chi connectivity index (χ3n) is 18.5. The molecule has 7 heterocycles. The van der Waals surface area contributed by atoms with Gasteiger partial charge in [0, 0.05) is 141 Å². The zero-order valence-electron chi connectivity index (χ0n) is 68.3. The quantitative estimate of drug-likeness (QED) is 0.0547. The number of hydrogen-bond acceptors (Lipinski definition) is 44. The SMILES string of the molecule is CC(=O)O[C@@H]1[C@@H](OC(C)=O)[C@@H](O)O[C@H](CBr)[C@H]1O[C@H]1O[C@H](CBr)[C@@H](O[C@H]2O[C@H](CBr)[C@@H](O[C@H]3O[C@H](CBr)[C@@H](O[C@H]4O[C@H](CBr)[C@@H](O[C@H]5O[C@H](CBr)[C@@H](O[C@H]6O[C@H](CBr)[C@@H](OC(C)=O)[C@H](OC(C)=O)[C@H]6OC(C)=O)[C@H](OC(C)=O)[C@H]5OC(C)=O)[C@H](OC(C)=O)[C@H]4OC(C)=O)[C@H](OC(C)=O)[C@H]3OC(C)=O)[C@H](OC(C)=O)[C@H]2OC(C)=O)[C@H](OC(C)=O)[C@H]1OC(C)=O. The number of rotatable bonds is 34. The average Bonchev–Trinajstić information content (AvgIpc) is 0.756. The van der Waals surface area contributed by atoms with E-state index in [1.54, 1.807) is 0 Å². The molecule has 0 aromatic rings. The molecule has 0 saturated carbocycles. The van der Waals surface area contributed by atoms with Crippen molar-refractivity contribution in [3.8, 4) is 0 Å². The topological polar surface area (TPSA) is 535 Å². The van der Waals surface area contributed by atoms with E-state index in [-0.39, 0.29) is 37.3 Å². The van der Waals surface area contributed by atoms with Crippen molar-refractivity contribution < 1.29 is 210 Å². The molecule has 44 nitrogen and oxygen atoms in total. The second kappa shape index (κ2) is 48.5. The number of alkyl halides is 7. The van der Waals surface area contributed by atoms with Crippen LogP contribution in [0.3, 0.4) is 0 Å². The van der Waals surface area contributed by atoms with Crippen molar-refractivity contribution in [2.75, 3.05) is 37.3 Å². The number of hydrogen-bond donors (Lipinski definition) is 1. The molecule has 35 atom stereocenters. The van der Waals surface area contributed by atoms with Crippen molar-refractivity contribution in [3.05, 3.63) is 0 Å². The van der Waals surface area contributed by atoms with Gasteiger partial charge in [-0.3, -0.25) is 71.9 Å². The third-order valence-corrected chi connectivity index (χ3v) is 23.0. The van der Waals surface area contributed by atoms with Crippen LogP contribution in [-0.2, 0) is 205 Å². The van der Waals surface area contributed by atoms with Gasteiger partial charge in [0.1, 0.15) is 79.4 Å². The minimum Gasteiger partial charge on any atom is -0.456 e. The Balaban J connectivity index is 1.26. The lowest BCUT2D eigenvalue weighted by Crippen LogP contribution is -2.70. The van der Waals surface area contributed by atoms with E-state index in [1.807, 2.05) is 0 Å². The maximum absolute atomic E-state index is 13.7. The lowest BCUT2D eigenvalue weighted by atomic mass is 9.95. The van der Waals surface area contributed by atoms with Crippen molar-refractivity contribution >= 4 is 201 Å². The minimum absolute atomic E-state index is 0.130. The van der Waals surface area contributed by atoms with E-state index in [0.29, 0.717) is 0 Å². The molecule has 7 saturated heterocycles. The molecule has 7 fully saturated rings. The second-order valence-electron chi connectivity index (χ2n) is 28.1. The van der Waals surface area contributed by atoms with Crippen molar-refractivity contribution in [3.63, 3.8) is 0 Å². The maximum Gasteiger partial charge on any atom is 0.303 e. The molecule has 0 bridgehead atoms. The van der Waals surface area contributed by atoms with E-state index in [2.05, 4.69) is 112 Å². The predicted octanol–water partition coefficient (Wildman–Crippen LogP) is 2.10. The van der Waals surface area contributed by atoms with Crippen LogP contribution in [0.25, 0.3) is 0 Å². The molecule has 51 heteroatoms. The molecular weight excluding hydrogens is 2130 g/mol. The minimum atomic E-state index is -2.03. The normalized spacial score (nSPS) is 37.3. The Morgan fingerprint density at radius 3 is 0.447 bits per heavy atom. The van der Waals surface area contributed by atoms with E-state index in [4.69, 9.17) is 133 Å². The molecule has 7 aliphatic heterocycles. The van der Waals surface area contributed by atoms with Crippen LogP contribution in [0.1, 0.15) is 104 Å². The summed E-state index contributed by atoms with van der Waals surface area (Å²) >= 11 is 23.6. The summed E-state index contributed by atoms with van der Waals surface area (Å²) in [5.74, 6) is -15.2. The highest BCUT2D eigenvalue weighted by Crippen LogP contribution is 2.44. The van der Waals surface area contributed by atoms with Crippen molar-refractivity contribution in [1.29, 1.82) is 0 Å². The molecular formula is C72H95Br7O44. The smallest absolute Gasteiger partial charge is 0.303 e. The lowest BCUT2D eigenvalue weighted by molar-refractivity contribution is -0.390. The first-order valence-electron chi connectivity index (χ1n) is 37.6. The lowest BCUT2D eigenvalue weighted by Gasteiger charge is -2.52. The number of ether oxygens (including phenoxy) is 28. The Morgan fingerprint density at radius 2 is 0.293 bits per heavy atom. The van der Waals surface area contributed by atoms with Crippen molar-refractivity contribution in [2.45, 2.75) is 319 Å². The van der Waals surface area contributed by atoms with E-state index >= 15 is 0 Å². The van der Waals surface area contributed by atoms with Crippen LogP contribution in [0.15, 0.2) is 0 Å². The standard InChI is InChI=1S/C72H95Br7O44/c1-23(80)96-45-39(17-74)112-67(60(105-32(10)89)53(45)98-25(3)82)119-47-41(19-76)114-69(62(107-34(12)91)55(47)100-27(5)84)121-49-43(21-78)116-71(64(109-36(14)93)57(49)102-29(7)86)123-51-44(22-79)117-72(65(110-37(15)94)58(51)103-30(8)87)122-50-42(20-77)115-70(63(108-35(13)92)56(50)101-28(6)85)120-48-40(18-75)113-68(61(106-33(11)90)54(48)99-26(4)83)118-46-38(16-73)111-66(95)59(104-31(9)88)52(46)97-24(2)81/h38-72,95H,16-22H2,1-15H3/t38-,39-,40-,41-,42-,43-,44-,45-,46-,47-,48-,49-,50-,51-,52+,53+,54+,55+,56+,57+,58+,59-,60-,61-,62-,63-,64-,65-,66+,67-,68-,69-,70-,71-,72-/m1/s1. The number of carbonyl (C=O) groups is 15. The molecule has 123 heavy (non-hydrogen) atoms. The Kier molecular flexibility index (Phi) is 41.4. The molecule has 0 spiro atoms. The van der Waals surface area contributed by atoms with Crippen molar-refractivity contribution in [2.24, 2.45) is 0 Å². The van der Waals surface area contributed by atoms with Gasteiger partial charge in [-0.05, 0) is 0 Å². The molecule has 0 unspecified atom stereocenters. The molecule has 0 radical (unpaired) electrons. The summed E-state index contributed by atoms with van der Waals surface area (Å²) in [6, 6.07) is 0. The molecule has 696 valence electrons. The number of aliphatic hydroxyl groups is 1. The Morgan fingerprint density at radius 1 is 0.179 bits per heavy atom. The summed E-state index contributed by atoms with van der Waals surface area (Å²) in [6.07, 6.45) is -61.4. The van der Waals surface area contributed by atoms with Gasteiger partial charge < -0.3 is 138 Å². The van der Waals surface area contributed by atoms with Crippen LogP contribution in [-0.4, -0.2) is 347 Å². The van der Waals surface area contributed by atoms with E-state index in [1.165, 1.54) is 0 Å². The van der Waals surface area contributed by atoms with Gasteiger partial charge in [-0.2, -0.15) is 0 Å². The van der Waals surface area contributed by atoms with Crippen LogP contribution in [0.5, 0.6) is 0 Å². The summed E-state index contributed by atoms with van der Waals surface area (Å²) in [6.45, 7) is 14.8. The summed E-state index contributed by atoms with van der Waals surface area (Å²) in [7, 11) is 0. The van der Waals surface area contributed by atoms with Gasteiger partial charge in [-0.25, -0.2) is 0 Å². The van der Waals surface area contributed by atoms with Crippen LogP contribution in [0, 0.1) is 0 Å². The highest BCUT2D eigenvalue weighted by Gasteiger charge is 2.65. The molecule has 0 aromatic carbocycles. The second-order valence-corrected chi connectivity index (χ2v) is 32.7. The molecule has 1 N–H and O–H groups in total. The summed E-state index contributed by atoms with van der Waals surface area (Å²) in [5, 5.41) is 9.15.